The molecule has 0 spiro atoms. The van der Waals surface area contributed by atoms with Crippen molar-refractivity contribution in [3.63, 3.8) is 0 Å². The van der Waals surface area contributed by atoms with E-state index in [4.69, 9.17) is 4.74 Å². The molecule has 0 bridgehead atoms. The highest BCUT2D eigenvalue weighted by Gasteiger charge is 2.10. The minimum atomic E-state index is -0.864. The molecule has 0 aliphatic rings. The summed E-state index contributed by atoms with van der Waals surface area (Å²) < 4.78 is 31.3. The minimum absolute atomic E-state index is 0.440. The fourth-order valence-electron chi connectivity index (χ4n) is 1.77. The lowest BCUT2D eigenvalue weighted by atomic mass is 10.2. The van der Waals surface area contributed by atoms with E-state index in [1.54, 1.807) is 37.4 Å². The molecule has 1 aromatic carbocycles. The Balaban J connectivity index is 2.20. The number of nitrogens with zero attached hydrogens (tertiary/aromatic N) is 2. The Kier molecular flexibility index (Phi) is 3.94. The summed E-state index contributed by atoms with van der Waals surface area (Å²) in [6.07, 6.45) is 1.66. The van der Waals surface area contributed by atoms with Crippen molar-refractivity contribution in [1.82, 2.24) is 4.98 Å². The quantitative estimate of drug-likeness (QED) is 0.848. The number of hydrogen-bond acceptors (Lipinski definition) is 3. The third-order valence-electron chi connectivity index (χ3n) is 2.80. The van der Waals surface area contributed by atoms with E-state index in [0.717, 1.165) is 17.8 Å². The topological polar surface area (TPSA) is 25.4 Å². The molecule has 0 atom stereocenters. The zero-order valence-electron chi connectivity index (χ0n) is 10.7. The Hall–Kier alpha value is -2.17. The van der Waals surface area contributed by atoms with Gasteiger partial charge in [0.2, 0.25) is 0 Å². The van der Waals surface area contributed by atoms with Gasteiger partial charge in [-0.3, -0.25) is 4.98 Å². The van der Waals surface area contributed by atoms with Gasteiger partial charge in [-0.15, -0.1) is 0 Å². The van der Waals surface area contributed by atoms with Crippen molar-refractivity contribution in [3.05, 3.63) is 53.9 Å². The van der Waals surface area contributed by atoms with E-state index in [2.05, 4.69) is 4.98 Å². The third-order valence-corrected chi connectivity index (χ3v) is 2.80. The number of hydrogen-bond donors (Lipinski definition) is 0. The second-order valence-electron chi connectivity index (χ2n) is 4.11. The van der Waals surface area contributed by atoms with Crippen molar-refractivity contribution in [2.45, 2.75) is 6.54 Å². The number of anilines is 1. The molecule has 0 saturated carbocycles. The Bertz CT molecular complexity index is 575. The molecule has 2 aromatic rings. The van der Waals surface area contributed by atoms with Crippen LogP contribution in [0.15, 0.2) is 36.5 Å². The molecular weight excluding hydrogens is 250 g/mol. The van der Waals surface area contributed by atoms with Gasteiger partial charge in [0.25, 0.3) is 0 Å². The predicted molar refractivity (Wildman–Crippen MR) is 69.3 cm³/mol. The van der Waals surface area contributed by atoms with Crippen LogP contribution in [-0.4, -0.2) is 19.1 Å². The van der Waals surface area contributed by atoms with Gasteiger partial charge in [0.1, 0.15) is 11.4 Å². The van der Waals surface area contributed by atoms with Crippen LogP contribution in [-0.2, 0) is 6.54 Å². The average molecular weight is 264 g/mol. The molecular formula is C14H14F2N2O. The number of pyridine rings is 1. The highest BCUT2D eigenvalue weighted by molar-refractivity contribution is 5.47. The SMILES string of the molecule is COc1cccnc1CN(C)c1ccc(F)c(F)c1. The van der Waals surface area contributed by atoms with E-state index in [-0.39, 0.29) is 0 Å². The van der Waals surface area contributed by atoms with Gasteiger partial charge in [0.05, 0.1) is 13.7 Å². The van der Waals surface area contributed by atoms with Crippen molar-refractivity contribution < 1.29 is 13.5 Å². The number of halogens is 2. The number of aromatic nitrogens is 1. The van der Waals surface area contributed by atoms with Crippen LogP contribution in [0.2, 0.25) is 0 Å². The largest absolute Gasteiger partial charge is 0.495 e. The molecule has 3 nitrogen and oxygen atoms in total. The first-order valence-electron chi connectivity index (χ1n) is 5.76. The Morgan fingerprint density at radius 1 is 1.21 bits per heavy atom. The second kappa shape index (κ2) is 5.65. The van der Waals surface area contributed by atoms with Crippen molar-refractivity contribution in [3.8, 4) is 5.75 Å². The predicted octanol–water partition coefficient (Wildman–Crippen LogP) is 3.00. The molecule has 0 radical (unpaired) electrons. The van der Waals surface area contributed by atoms with Crippen LogP contribution in [0.3, 0.4) is 0 Å². The summed E-state index contributed by atoms with van der Waals surface area (Å²) in [5.41, 5.74) is 1.31. The highest BCUT2D eigenvalue weighted by atomic mass is 19.2. The van der Waals surface area contributed by atoms with Crippen LogP contribution in [0.5, 0.6) is 5.75 Å². The molecule has 0 aliphatic heterocycles. The molecule has 0 unspecified atom stereocenters. The van der Waals surface area contributed by atoms with E-state index in [1.807, 2.05) is 0 Å². The van der Waals surface area contributed by atoms with Crippen LogP contribution in [0.1, 0.15) is 5.69 Å². The fourth-order valence-corrected chi connectivity index (χ4v) is 1.77. The molecule has 0 N–H and O–H groups in total. The zero-order valence-corrected chi connectivity index (χ0v) is 10.7. The number of ether oxygens (including phenoxy) is 1. The van der Waals surface area contributed by atoms with Crippen LogP contribution in [0, 0.1) is 11.6 Å². The first-order valence-corrected chi connectivity index (χ1v) is 5.76. The lowest BCUT2D eigenvalue weighted by molar-refractivity contribution is 0.406. The van der Waals surface area contributed by atoms with Gasteiger partial charge >= 0.3 is 0 Å². The maximum Gasteiger partial charge on any atom is 0.160 e. The molecule has 5 heteroatoms. The van der Waals surface area contributed by atoms with Crippen molar-refractivity contribution >= 4 is 5.69 Å². The Morgan fingerprint density at radius 3 is 2.68 bits per heavy atom. The van der Waals surface area contributed by atoms with Crippen LogP contribution in [0.4, 0.5) is 14.5 Å². The normalized spacial score (nSPS) is 10.3. The first kappa shape index (κ1) is 13.3. The molecule has 0 saturated heterocycles. The number of rotatable bonds is 4. The summed E-state index contributed by atoms with van der Waals surface area (Å²) in [7, 11) is 3.35. The summed E-state index contributed by atoms with van der Waals surface area (Å²) in [6.45, 7) is 0.440. The summed E-state index contributed by atoms with van der Waals surface area (Å²) in [4.78, 5) is 5.99. The average Bonchev–Trinajstić information content (AvgIpc) is 2.42. The van der Waals surface area contributed by atoms with Gasteiger partial charge in [-0.2, -0.15) is 0 Å². The smallest absolute Gasteiger partial charge is 0.160 e. The van der Waals surface area contributed by atoms with E-state index >= 15 is 0 Å². The van der Waals surface area contributed by atoms with Gasteiger partial charge < -0.3 is 9.64 Å². The molecule has 0 amide bonds. The van der Waals surface area contributed by atoms with E-state index < -0.39 is 11.6 Å². The molecule has 1 heterocycles. The third kappa shape index (κ3) is 2.99. The number of benzene rings is 1. The standard InChI is InChI=1S/C14H14F2N2O/c1-18(10-5-6-11(15)12(16)8-10)9-13-14(19-2)4-3-7-17-13/h3-8H,9H2,1-2H3. The van der Waals surface area contributed by atoms with Crippen molar-refractivity contribution in [1.29, 1.82) is 0 Å². The molecule has 19 heavy (non-hydrogen) atoms. The minimum Gasteiger partial charge on any atom is -0.495 e. The summed E-state index contributed by atoms with van der Waals surface area (Å²) >= 11 is 0. The van der Waals surface area contributed by atoms with Gasteiger partial charge in [-0.05, 0) is 24.3 Å². The zero-order chi connectivity index (χ0) is 13.8. The van der Waals surface area contributed by atoms with Crippen LogP contribution in [0.25, 0.3) is 0 Å². The lowest BCUT2D eigenvalue weighted by Crippen LogP contribution is -2.18. The molecule has 100 valence electrons. The van der Waals surface area contributed by atoms with E-state index in [9.17, 15) is 8.78 Å². The Labute approximate surface area is 110 Å². The maximum absolute atomic E-state index is 13.2. The van der Waals surface area contributed by atoms with Crippen molar-refractivity contribution in [2.75, 3.05) is 19.1 Å². The Morgan fingerprint density at radius 2 is 2.00 bits per heavy atom. The van der Waals surface area contributed by atoms with Crippen LogP contribution >= 0.6 is 0 Å². The van der Waals surface area contributed by atoms with Crippen molar-refractivity contribution in [2.24, 2.45) is 0 Å². The highest BCUT2D eigenvalue weighted by Crippen LogP contribution is 2.21. The van der Waals surface area contributed by atoms with E-state index in [1.165, 1.54) is 6.07 Å². The van der Waals surface area contributed by atoms with Gasteiger partial charge in [0, 0.05) is 25.0 Å². The number of methoxy groups -OCH3 is 1. The molecule has 0 aliphatic carbocycles. The maximum atomic E-state index is 13.2. The monoisotopic (exact) mass is 264 g/mol. The summed E-state index contributed by atoms with van der Waals surface area (Å²) in [5, 5.41) is 0. The molecule has 1 aromatic heterocycles. The second-order valence-corrected chi connectivity index (χ2v) is 4.11. The summed E-state index contributed by atoms with van der Waals surface area (Å²) in [6, 6.07) is 7.37. The molecule has 0 fully saturated rings. The van der Waals surface area contributed by atoms with Gasteiger partial charge in [-0.1, -0.05) is 0 Å². The van der Waals surface area contributed by atoms with Gasteiger partial charge in [-0.25, -0.2) is 8.78 Å². The first-order chi connectivity index (χ1) is 9.11. The van der Waals surface area contributed by atoms with Gasteiger partial charge in [0.15, 0.2) is 11.6 Å². The molecule has 2 rings (SSSR count). The lowest BCUT2D eigenvalue weighted by Gasteiger charge is -2.20. The van der Waals surface area contributed by atoms with Crippen LogP contribution < -0.4 is 9.64 Å². The van der Waals surface area contributed by atoms with E-state index in [0.29, 0.717) is 18.0 Å². The fraction of sp³-hybridized carbons (Fsp3) is 0.214. The summed E-state index contributed by atoms with van der Waals surface area (Å²) in [5.74, 6) is -1.05.